The zero-order chi connectivity index (χ0) is 12.3. The Morgan fingerprint density at radius 3 is 2.75 bits per heavy atom. The molecular weight excluding hydrogens is 231 g/mol. The van der Waals surface area contributed by atoms with Gasteiger partial charge in [0, 0.05) is 0 Å². The summed E-state index contributed by atoms with van der Waals surface area (Å²) in [4.78, 5) is 11.7. The topological polar surface area (TPSA) is 55.1 Å². The molecule has 0 bridgehead atoms. The number of para-hydroxylation sites is 1. The molecule has 1 atom stereocenters. The molecule has 0 saturated heterocycles. The van der Waals surface area contributed by atoms with Crippen LogP contribution in [-0.2, 0) is 4.79 Å². The van der Waals surface area contributed by atoms with Crippen LogP contribution in [0.3, 0.4) is 0 Å². The Balaban J connectivity index is 2.94. The second kappa shape index (κ2) is 4.80. The number of halogens is 2. The summed E-state index contributed by atoms with van der Waals surface area (Å²) < 4.78 is 13.4. The van der Waals surface area contributed by atoms with Crippen LogP contribution in [0, 0.1) is 5.82 Å². The van der Waals surface area contributed by atoms with E-state index in [1.807, 2.05) is 0 Å². The van der Waals surface area contributed by atoms with Gasteiger partial charge in [0.05, 0.1) is 16.2 Å². The molecule has 0 radical (unpaired) electrons. The first-order chi connectivity index (χ1) is 7.38. The minimum Gasteiger partial charge on any atom is -0.321 e. The van der Waals surface area contributed by atoms with Gasteiger partial charge in [-0.2, -0.15) is 0 Å². The third-order valence-corrected chi connectivity index (χ3v) is 2.77. The Labute approximate surface area is 98.8 Å². The van der Waals surface area contributed by atoms with E-state index in [9.17, 15) is 9.18 Å². The van der Waals surface area contributed by atoms with Crippen molar-refractivity contribution in [1.82, 2.24) is 0 Å². The quantitative estimate of drug-likeness (QED) is 0.859. The number of anilines is 1. The van der Waals surface area contributed by atoms with Crippen molar-refractivity contribution in [3.8, 4) is 0 Å². The SMILES string of the molecule is CCC(C)(N)C(=O)Nc1c(F)cccc1Cl. The predicted molar refractivity (Wildman–Crippen MR) is 62.9 cm³/mol. The van der Waals surface area contributed by atoms with Crippen molar-refractivity contribution in [2.45, 2.75) is 25.8 Å². The number of hydrogen-bond acceptors (Lipinski definition) is 2. The highest BCUT2D eigenvalue weighted by Crippen LogP contribution is 2.25. The lowest BCUT2D eigenvalue weighted by Crippen LogP contribution is -2.47. The van der Waals surface area contributed by atoms with E-state index in [2.05, 4.69) is 5.32 Å². The number of nitrogens with two attached hydrogens (primary N) is 1. The van der Waals surface area contributed by atoms with Gasteiger partial charge < -0.3 is 11.1 Å². The van der Waals surface area contributed by atoms with E-state index in [0.29, 0.717) is 6.42 Å². The summed E-state index contributed by atoms with van der Waals surface area (Å²) in [5.74, 6) is -1.03. The number of carbonyl (C=O) groups excluding carboxylic acids is 1. The van der Waals surface area contributed by atoms with Gasteiger partial charge in [0.2, 0.25) is 5.91 Å². The standard InChI is InChI=1S/C11H14ClFN2O/c1-3-11(2,14)10(16)15-9-7(12)5-4-6-8(9)13/h4-6H,3,14H2,1-2H3,(H,15,16). The first kappa shape index (κ1) is 12.9. The molecule has 5 heteroatoms. The molecule has 0 aliphatic heterocycles. The second-order valence-electron chi connectivity index (χ2n) is 3.82. The zero-order valence-electron chi connectivity index (χ0n) is 9.18. The van der Waals surface area contributed by atoms with E-state index in [0.717, 1.165) is 0 Å². The first-order valence-electron chi connectivity index (χ1n) is 4.93. The van der Waals surface area contributed by atoms with Crippen molar-refractivity contribution in [2.24, 2.45) is 5.73 Å². The Kier molecular flexibility index (Phi) is 3.88. The molecule has 1 aromatic rings. The molecule has 0 aliphatic rings. The summed E-state index contributed by atoms with van der Waals surface area (Å²) in [6.45, 7) is 3.36. The van der Waals surface area contributed by atoms with Gasteiger partial charge in [0.1, 0.15) is 5.82 Å². The minimum atomic E-state index is -1.04. The first-order valence-corrected chi connectivity index (χ1v) is 5.30. The number of rotatable bonds is 3. The number of hydrogen-bond donors (Lipinski definition) is 2. The summed E-state index contributed by atoms with van der Waals surface area (Å²) in [7, 11) is 0. The van der Waals surface area contributed by atoms with Crippen LogP contribution in [-0.4, -0.2) is 11.4 Å². The third-order valence-electron chi connectivity index (χ3n) is 2.45. The van der Waals surface area contributed by atoms with E-state index < -0.39 is 17.3 Å². The molecule has 1 rings (SSSR count). The van der Waals surface area contributed by atoms with Crippen molar-refractivity contribution < 1.29 is 9.18 Å². The molecule has 0 saturated carbocycles. The van der Waals surface area contributed by atoms with Crippen LogP contribution in [0.25, 0.3) is 0 Å². The van der Waals surface area contributed by atoms with E-state index in [4.69, 9.17) is 17.3 Å². The lowest BCUT2D eigenvalue weighted by Gasteiger charge is -2.22. The maximum absolute atomic E-state index is 13.4. The Morgan fingerprint density at radius 1 is 1.62 bits per heavy atom. The summed E-state index contributed by atoms with van der Waals surface area (Å²) in [6.07, 6.45) is 0.449. The molecule has 0 fully saturated rings. The number of amides is 1. The predicted octanol–water partition coefficient (Wildman–Crippen LogP) is 2.55. The van der Waals surface area contributed by atoms with Gasteiger partial charge in [0.25, 0.3) is 0 Å². The average Bonchev–Trinajstić information content (AvgIpc) is 2.23. The van der Waals surface area contributed by atoms with Crippen LogP contribution in [0.4, 0.5) is 10.1 Å². The normalized spacial score (nSPS) is 14.3. The molecule has 1 unspecified atom stereocenters. The van der Waals surface area contributed by atoms with Crippen molar-refractivity contribution >= 4 is 23.2 Å². The maximum atomic E-state index is 13.4. The molecule has 16 heavy (non-hydrogen) atoms. The van der Waals surface area contributed by atoms with Gasteiger partial charge in [-0.1, -0.05) is 24.6 Å². The van der Waals surface area contributed by atoms with Crippen molar-refractivity contribution in [2.75, 3.05) is 5.32 Å². The minimum absolute atomic E-state index is 0.0284. The van der Waals surface area contributed by atoms with E-state index in [1.54, 1.807) is 13.8 Å². The van der Waals surface area contributed by atoms with E-state index in [1.165, 1.54) is 18.2 Å². The van der Waals surface area contributed by atoms with Crippen molar-refractivity contribution in [3.05, 3.63) is 29.0 Å². The molecule has 3 nitrogen and oxygen atoms in total. The highest BCUT2D eigenvalue weighted by atomic mass is 35.5. The molecule has 0 aromatic heterocycles. The fraction of sp³-hybridized carbons (Fsp3) is 0.364. The molecule has 3 N–H and O–H groups in total. The highest BCUT2D eigenvalue weighted by Gasteiger charge is 2.27. The van der Waals surface area contributed by atoms with E-state index >= 15 is 0 Å². The molecular formula is C11H14ClFN2O. The van der Waals surface area contributed by atoms with Crippen LogP contribution in [0.15, 0.2) is 18.2 Å². The van der Waals surface area contributed by atoms with Crippen LogP contribution in [0.2, 0.25) is 5.02 Å². The lowest BCUT2D eigenvalue weighted by atomic mass is 9.99. The fourth-order valence-corrected chi connectivity index (χ4v) is 1.24. The summed E-state index contributed by atoms with van der Waals surface area (Å²) in [6, 6.07) is 4.19. The highest BCUT2D eigenvalue weighted by molar-refractivity contribution is 6.33. The van der Waals surface area contributed by atoms with Gasteiger partial charge in [0.15, 0.2) is 0 Å². The smallest absolute Gasteiger partial charge is 0.244 e. The summed E-state index contributed by atoms with van der Waals surface area (Å²) >= 11 is 5.77. The molecule has 0 spiro atoms. The maximum Gasteiger partial charge on any atom is 0.244 e. The van der Waals surface area contributed by atoms with Gasteiger partial charge >= 0.3 is 0 Å². The Bertz CT molecular complexity index is 387. The monoisotopic (exact) mass is 244 g/mol. The molecule has 0 heterocycles. The van der Waals surface area contributed by atoms with Gasteiger partial charge in [-0.15, -0.1) is 0 Å². The van der Waals surface area contributed by atoms with Gasteiger partial charge in [-0.25, -0.2) is 4.39 Å². The molecule has 1 amide bonds. The van der Waals surface area contributed by atoms with Gasteiger partial charge in [-0.3, -0.25) is 4.79 Å². The lowest BCUT2D eigenvalue weighted by molar-refractivity contribution is -0.120. The second-order valence-corrected chi connectivity index (χ2v) is 4.23. The molecule has 88 valence electrons. The summed E-state index contributed by atoms with van der Waals surface area (Å²) in [5, 5.41) is 2.55. The van der Waals surface area contributed by atoms with Crippen LogP contribution >= 0.6 is 11.6 Å². The van der Waals surface area contributed by atoms with Crippen LogP contribution < -0.4 is 11.1 Å². The van der Waals surface area contributed by atoms with Gasteiger partial charge in [-0.05, 0) is 25.5 Å². The number of carbonyl (C=O) groups is 1. The number of benzene rings is 1. The fourth-order valence-electron chi connectivity index (χ4n) is 1.03. The Hall–Kier alpha value is -1.13. The molecule has 1 aromatic carbocycles. The van der Waals surface area contributed by atoms with Crippen LogP contribution in [0.5, 0.6) is 0 Å². The molecule has 0 aliphatic carbocycles. The van der Waals surface area contributed by atoms with Crippen molar-refractivity contribution in [1.29, 1.82) is 0 Å². The third kappa shape index (κ3) is 2.71. The van der Waals surface area contributed by atoms with Crippen molar-refractivity contribution in [3.63, 3.8) is 0 Å². The van der Waals surface area contributed by atoms with E-state index in [-0.39, 0.29) is 10.7 Å². The largest absolute Gasteiger partial charge is 0.321 e. The van der Waals surface area contributed by atoms with Crippen LogP contribution in [0.1, 0.15) is 20.3 Å². The summed E-state index contributed by atoms with van der Waals surface area (Å²) in [5.41, 5.74) is 4.67. The zero-order valence-corrected chi connectivity index (χ0v) is 9.94. The number of nitrogens with one attached hydrogen (secondary N) is 1. The Morgan fingerprint density at radius 2 is 2.25 bits per heavy atom. The average molecular weight is 245 g/mol.